The molecular formula is C23H23N3Na2O9S. The van der Waals surface area contributed by atoms with Gasteiger partial charge in [0, 0.05) is 30.2 Å². The van der Waals surface area contributed by atoms with E-state index in [2.05, 4.69) is 10.6 Å². The normalized spacial score (nSPS) is 18.4. The summed E-state index contributed by atoms with van der Waals surface area (Å²) >= 11 is 1.20. The molecule has 2 aliphatic heterocycles. The van der Waals surface area contributed by atoms with Crippen molar-refractivity contribution in [2.24, 2.45) is 0 Å². The van der Waals surface area contributed by atoms with Crippen molar-refractivity contribution < 1.29 is 103 Å². The number of thioether (sulfide) groups is 1. The fourth-order valence-electron chi connectivity index (χ4n) is 3.76. The first-order valence-corrected chi connectivity index (χ1v) is 12.0. The summed E-state index contributed by atoms with van der Waals surface area (Å²) < 4.78 is 4.84. The number of nitrogens with zero attached hydrogens (tertiary/aromatic N) is 1. The van der Waals surface area contributed by atoms with Crippen molar-refractivity contribution in [2.75, 3.05) is 12.4 Å². The summed E-state index contributed by atoms with van der Waals surface area (Å²) in [7, 11) is 0. The number of esters is 1. The van der Waals surface area contributed by atoms with Crippen LogP contribution in [0.4, 0.5) is 0 Å². The summed E-state index contributed by atoms with van der Waals surface area (Å²) in [4.78, 5) is 72.2. The van der Waals surface area contributed by atoms with Crippen molar-refractivity contribution in [3.8, 4) is 0 Å². The summed E-state index contributed by atoms with van der Waals surface area (Å²) in [6.45, 7) is 0.879. The number of fused-ring (bicyclic) bond motifs is 1. The van der Waals surface area contributed by atoms with Gasteiger partial charge in [0.15, 0.2) is 0 Å². The predicted molar refractivity (Wildman–Crippen MR) is 120 cm³/mol. The van der Waals surface area contributed by atoms with Gasteiger partial charge in [0.1, 0.15) is 18.0 Å². The molecule has 2 N–H and O–H groups in total. The van der Waals surface area contributed by atoms with Gasteiger partial charge in [-0.2, -0.15) is 0 Å². The van der Waals surface area contributed by atoms with E-state index in [1.165, 1.54) is 30.8 Å². The number of carboxylic acids is 2. The second kappa shape index (κ2) is 15.7. The standard InChI is InChI=1S/C23H25N3O9S.2Na/c1-12(27)35-10-14-11-36-21-17(20(30)26(21)18(14)23(33)34)25-16(28)9-5-8-15(22(31)32)24-19(29)13-6-3-2-4-7-13;;/h2-4,6-7,15,17,21H,5,8-11H2,1H3,(H,24,29)(H,25,28)(H,31,32)(H,33,34);;/q;2*+1/p-2/t15-,17-,21-;;/m1../s1. The average molecular weight is 563 g/mol. The first-order valence-electron chi connectivity index (χ1n) is 11.0. The van der Waals surface area contributed by atoms with Crippen LogP contribution in [0.3, 0.4) is 0 Å². The van der Waals surface area contributed by atoms with E-state index in [4.69, 9.17) is 4.74 Å². The number of benzene rings is 1. The van der Waals surface area contributed by atoms with Gasteiger partial charge in [0.25, 0.3) is 11.8 Å². The number of carbonyl (C=O) groups is 6. The average Bonchev–Trinajstić information content (AvgIpc) is 2.84. The molecule has 0 aromatic heterocycles. The molecule has 1 fully saturated rings. The van der Waals surface area contributed by atoms with E-state index in [9.17, 15) is 39.0 Å². The number of ether oxygens (including phenoxy) is 1. The number of carbonyl (C=O) groups excluding carboxylic acids is 6. The molecule has 15 heteroatoms. The van der Waals surface area contributed by atoms with Gasteiger partial charge in [-0.1, -0.05) is 18.2 Å². The largest absolute Gasteiger partial charge is 1.00 e. The molecule has 0 bridgehead atoms. The molecule has 192 valence electrons. The Morgan fingerprint density at radius 2 is 1.79 bits per heavy atom. The Balaban J connectivity index is 0.00000361. The maximum atomic E-state index is 12.6. The molecule has 0 saturated carbocycles. The van der Waals surface area contributed by atoms with E-state index in [1.54, 1.807) is 18.2 Å². The van der Waals surface area contributed by atoms with Crippen molar-refractivity contribution in [3.63, 3.8) is 0 Å². The van der Waals surface area contributed by atoms with Gasteiger partial charge in [0.2, 0.25) is 5.91 Å². The van der Waals surface area contributed by atoms with Gasteiger partial charge in [0.05, 0.1) is 23.7 Å². The van der Waals surface area contributed by atoms with Gasteiger partial charge in [-0.25, -0.2) is 0 Å². The van der Waals surface area contributed by atoms with Crippen molar-refractivity contribution in [1.29, 1.82) is 0 Å². The fourth-order valence-corrected chi connectivity index (χ4v) is 5.09. The van der Waals surface area contributed by atoms with Crippen molar-refractivity contribution in [2.45, 2.75) is 43.6 Å². The zero-order valence-corrected chi connectivity index (χ0v) is 26.0. The molecule has 3 atom stereocenters. The zero-order chi connectivity index (χ0) is 26.4. The Hall–Kier alpha value is -1.87. The van der Waals surface area contributed by atoms with Gasteiger partial charge in [-0.3, -0.25) is 24.1 Å². The molecule has 1 aromatic carbocycles. The SMILES string of the molecule is CC(=O)OCC1=C(C(=O)[O-])N2C(=O)[C@@H](NC(=O)CCC[C@@H](NC(=O)c3ccccc3)C(=O)[O-])[C@H]2SC1.[Na+].[Na+]. The minimum Gasteiger partial charge on any atom is -0.548 e. The molecule has 1 saturated heterocycles. The molecule has 0 aliphatic carbocycles. The van der Waals surface area contributed by atoms with Gasteiger partial charge < -0.3 is 35.2 Å². The Morgan fingerprint density at radius 3 is 2.37 bits per heavy atom. The Bertz CT molecular complexity index is 1120. The molecule has 38 heavy (non-hydrogen) atoms. The van der Waals surface area contributed by atoms with Crippen LogP contribution in [-0.2, 0) is 28.7 Å². The van der Waals surface area contributed by atoms with Gasteiger partial charge in [-0.05, 0) is 25.0 Å². The van der Waals surface area contributed by atoms with Crippen LogP contribution < -0.4 is 80.0 Å². The number of aliphatic carboxylic acids is 2. The van der Waals surface area contributed by atoms with Crippen LogP contribution in [0.1, 0.15) is 36.5 Å². The molecular weight excluding hydrogens is 540 g/mol. The minimum absolute atomic E-state index is 0. The number of β-lactam (4-membered cyclic amide) rings is 1. The molecule has 3 amide bonds. The number of amides is 3. The van der Waals surface area contributed by atoms with Crippen LogP contribution in [-0.4, -0.2) is 70.3 Å². The van der Waals surface area contributed by atoms with E-state index in [1.807, 2.05) is 0 Å². The van der Waals surface area contributed by atoms with E-state index in [0.29, 0.717) is 0 Å². The summed E-state index contributed by atoms with van der Waals surface area (Å²) in [5.74, 6) is -5.30. The Morgan fingerprint density at radius 1 is 1.13 bits per heavy atom. The third-order valence-electron chi connectivity index (χ3n) is 5.53. The van der Waals surface area contributed by atoms with Gasteiger partial charge >= 0.3 is 65.1 Å². The van der Waals surface area contributed by atoms with Crippen molar-refractivity contribution in [3.05, 3.63) is 47.2 Å². The van der Waals surface area contributed by atoms with Crippen molar-refractivity contribution in [1.82, 2.24) is 15.5 Å². The minimum atomic E-state index is -1.59. The van der Waals surface area contributed by atoms with Gasteiger partial charge in [-0.15, -0.1) is 11.8 Å². The Labute approximate surface area is 266 Å². The molecule has 3 rings (SSSR count). The summed E-state index contributed by atoms with van der Waals surface area (Å²) in [6.07, 6.45) is -0.125. The number of carboxylic acid groups (broad SMARTS) is 2. The van der Waals surface area contributed by atoms with Crippen molar-refractivity contribution >= 4 is 47.4 Å². The fraction of sp³-hybridized carbons (Fsp3) is 0.391. The molecule has 0 unspecified atom stereocenters. The molecule has 2 heterocycles. The Kier molecular flexibility index (Phi) is 14.1. The first kappa shape index (κ1) is 34.2. The molecule has 12 nitrogen and oxygen atoms in total. The predicted octanol–water partition coefficient (Wildman–Crippen LogP) is -8.32. The molecule has 1 aromatic rings. The van der Waals surface area contributed by atoms with E-state index < -0.39 is 53.1 Å². The smallest absolute Gasteiger partial charge is 0.548 e. The van der Waals surface area contributed by atoms with E-state index >= 15 is 0 Å². The first-order chi connectivity index (χ1) is 17.1. The van der Waals surface area contributed by atoms with Crippen LogP contribution in [0.25, 0.3) is 0 Å². The van der Waals surface area contributed by atoms with Crippen LogP contribution in [0.15, 0.2) is 41.6 Å². The number of rotatable bonds is 11. The summed E-state index contributed by atoms with van der Waals surface area (Å²) in [5, 5.41) is 27.2. The monoisotopic (exact) mass is 563 g/mol. The van der Waals surface area contributed by atoms with Crippen LogP contribution in [0.2, 0.25) is 0 Å². The second-order valence-corrected chi connectivity index (χ2v) is 9.18. The summed E-state index contributed by atoms with van der Waals surface area (Å²) in [5.41, 5.74) is 0.123. The number of hydrogen-bond donors (Lipinski definition) is 2. The van der Waals surface area contributed by atoms with Crippen LogP contribution in [0, 0.1) is 0 Å². The second-order valence-electron chi connectivity index (χ2n) is 8.08. The third kappa shape index (κ3) is 8.57. The van der Waals surface area contributed by atoms with E-state index in [-0.39, 0.29) is 108 Å². The molecule has 0 spiro atoms. The number of hydrogen-bond acceptors (Lipinski definition) is 10. The topological polar surface area (TPSA) is 185 Å². The zero-order valence-electron chi connectivity index (χ0n) is 21.2. The quantitative estimate of drug-likeness (QED) is 0.149. The molecule has 2 aliphatic rings. The maximum absolute atomic E-state index is 12.6. The van der Waals surface area contributed by atoms with E-state index in [0.717, 1.165) is 4.90 Å². The third-order valence-corrected chi connectivity index (χ3v) is 6.87. The maximum Gasteiger partial charge on any atom is 1.00 e. The van der Waals surface area contributed by atoms with Crippen LogP contribution >= 0.6 is 11.8 Å². The molecule has 0 radical (unpaired) electrons. The summed E-state index contributed by atoms with van der Waals surface area (Å²) in [6, 6.07) is 5.74. The van der Waals surface area contributed by atoms with Crippen LogP contribution in [0.5, 0.6) is 0 Å². The number of nitrogens with one attached hydrogen (secondary N) is 2.